The minimum absolute atomic E-state index is 0.456. The van der Waals surface area contributed by atoms with Gasteiger partial charge >= 0.3 is 0 Å². The average Bonchev–Trinajstić information content (AvgIpc) is 2.44. The quantitative estimate of drug-likeness (QED) is 0.684. The summed E-state index contributed by atoms with van der Waals surface area (Å²) in [5, 5.41) is 3.96. The molecule has 0 aliphatic rings. The second kappa shape index (κ2) is 8.96. The van der Waals surface area contributed by atoms with Crippen molar-refractivity contribution in [2.45, 2.75) is 33.7 Å². The zero-order valence-corrected chi connectivity index (χ0v) is 14.2. The third kappa shape index (κ3) is 5.98. The standard InChI is InChI=1S/C17H26ClNO2/c1-6-13(4)11-21-17-15(18)7-14(8-16(17)20-5)10-19-9-12(2)3/h7-8,12,19H,4,6,9-11H2,1-3,5H3. The van der Waals surface area contributed by atoms with Crippen molar-refractivity contribution < 1.29 is 9.47 Å². The molecule has 0 aliphatic heterocycles. The SMILES string of the molecule is C=C(CC)COc1c(Cl)cc(CNCC(C)C)cc1OC. The number of halogens is 1. The molecule has 1 aromatic rings. The molecule has 0 atom stereocenters. The van der Waals surface area contributed by atoms with Crippen LogP contribution in [0.1, 0.15) is 32.8 Å². The number of hydrogen-bond donors (Lipinski definition) is 1. The van der Waals surface area contributed by atoms with Crippen LogP contribution in [0.4, 0.5) is 0 Å². The Labute approximate surface area is 133 Å². The maximum Gasteiger partial charge on any atom is 0.180 e. The fourth-order valence-electron chi connectivity index (χ4n) is 1.80. The Morgan fingerprint density at radius 1 is 1.38 bits per heavy atom. The van der Waals surface area contributed by atoms with E-state index in [1.165, 1.54) is 0 Å². The molecule has 21 heavy (non-hydrogen) atoms. The van der Waals surface area contributed by atoms with E-state index in [1.807, 2.05) is 19.1 Å². The van der Waals surface area contributed by atoms with Crippen LogP contribution >= 0.6 is 11.6 Å². The predicted octanol–water partition coefficient (Wildman–Crippen LogP) is 4.44. The van der Waals surface area contributed by atoms with Gasteiger partial charge in [0.25, 0.3) is 0 Å². The van der Waals surface area contributed by atoms with Crippen LogP contribution in [0.5, 0.6) is 11.5 Å². The lowest BCUT2D eigenvalue weighted by Gasteiger charge is -2.15. The molecule has 0 unspecified atom stereocenters. The van der Waals surface area contributed by atoms with Crippen LogP contribution in [0.25, 0.3) is 0 Å². The van der Waals surface area contributed by atoms with Gasteiger partial charge < -0.3 is 14.8 Å². The molecule has 1 aromatic carbocycles. The van der Waals surface area contributed by atoms with Crippen LogP contribution in [0.15, 0.2) is 24.3 Å². The van der Waals surface area contributed by atoms with Crippen molar-refractivity contribution in [3.05, 3.63) is 34.9 Å². The highest BCUT2D eigenvalue weighted by Gasteiger charge is 2.12. The summed E-state index contributed by atoms with van der Waals surface area (Å²) in [6.07, 6.45) is 0.886. The average molecular weight is 312 g/mol. The summed E-state index contributed by atoms with van der Waals surface area (Å²) < 4.78 is 11.1. The molecule has 0 aliphatic carbocycles. The topological polar surface area (TPSA) is 30.5 Å². The van der Waals surface area contributed by atoms with E-state index in [-0.39, 0.29) is 0 Å². The molecule has 0 spiro atoms. The molecule has 0 bridgehead atoms. The molecule has 0 radical (unpaired) electrons. The van der Waals surface area contributed by atoms with E-state index in [1.54, 1.807) is 7.11 Å². The van der Waals surface area contributed by atoms with Crippen molar-refractivity contribution in [1.29, 1.82) is 0 Å². The zero-order chi connectivity index (χ0) is 15.8. The Morgan fingerprint density at radius 3 is 2.67 bits per heavy atom. The Kier molecular flexibility index (Phi) is 7.62. The Morgan fingerprint density at radius 2 is 2.10 bits per heavy atom. The van der Waals surface area contributed by atoms with Gasteiger partial charge in [-0.25, -0.2) is 0 Å². The lowest BCUT2D eigenvalue weighted by Crippen LogP contribution is -2.19. The van der Waals surface area contributed by atoms with Crippen molar-refractivity contribution >= 4 is 11.6 Å². The van der Waals surface area contributed by atoms with Gasteiger partial charge in [0.15, 0.2) is 11.5 Å². The summed E-state index contributed by atoms with van der Waals surface area (Å²) in [6.45, 7) is 12.5. The highest BCUT2D eigenvalue weighted by atomic mass is 35.5. The fraction of sp³-hybridized carbons (Fsp3) is 0.529. The smallest absolute Gasteiger partial charge is 0.180 e. The summed E-state index contributed by atoms with van der Waals surface area (Å²) in [4.78, 5) is 0. The lowest BCUT2D eigenvalue weighted by atomic mass is 10.1. The summed E-state index contributed by atoms with van der Waals surface area (Å²) in [5.74, 6) is 1.86. The first-order valence-electron chi connectivity index (χ1n) is 7.34. The molecule has 3 nitrogen and oxygen atoms in total. The van der Waals surface area contributed by atoms with Gasteiger partial charge in [-0.05, 0) is 42.2 Å². The van der Waals surface area contributed by atoms with Crippen LogP contribution < -0.4 is 14.8 Å². The largest absolute Gasteiger partial charge is 0.493 e. The van der Waals surface area contributed by atoms with Gasteiger partial charge in [0, 0.05) is 6.54 Å². The third-order valence-corrected chi connectivity index (χ3v) is 3.37. The summed E-state index contributed by atoms with van der Waals surface area (Å²) in [6, 6.07) is 3.88. The number of hydrogen-bond acceptors (Lipinski definition) is 3. The van der Waals surface area contributed by atoms with Gasteiger partial charge in [-0.15, -0.1) is 0 Å². The molecular formula is C17H26ClNO2. The highest BCUT2D eigenvalue weighted by molar-refractivity contribution is 6.32. The first kappa shape index (κ1) is 17.9. The van der Waals surface area contributed by atoms with E-state index in [4.69, 9.17) is 21.1 Å². The van der Waals surface area contributed by atoms with Crippen molar-refractivity contribution in [2.24, 2.45) is 5.92 Å². The summed E-state index contributed by atoms with van der Waals surface area (Å²) in [7, 11) is 1.62. The number of methoxy groups -OCH3 is 1. The second-order valence-electron chi connectivity index (χ2n) is 5.53. The van der Waals surface area contributed by atoms with Crippen LogP contribution in [0.2, 0.25) is 5.02 Å². The number of rotatable bonds is 9. The molecule has 0 amide bonds. The number of ether oxygens (including phenoxy) is 2. The Hall–Kier alpha value is -1.19. The molecule has 4 heteroatoms. The maximum atomic E-state index is 6.32. The molecule has 118 valence electrons. The summed E-state index contributed by atoms with van der Waals surface area (Å²) in [5.41, 5.74) is 2.11. The molecule has 0 saturated heterocycles. The van der Waals surface area contributed by atoms with Gasteiger partial charge in [-0.2, -0.15) is 0 Å². The minimum atomic E-state index is 0.456. The predicted molar refractivity (Wildman–Crippen MR) is 89.5 cm³/mol. The first-order chi connectivity index (χ1) is 9.97. The molecule has 0 heterocycles. The van der Waals surface area contributed by atoms with E-state index >= 15 is 0 Å². The Balaban J connectivity index is 2.79. The van der Waals surface area contributed by atoms with E-state index in [9.17, 15) is 0 Å². The van der Waals surface area contributed by atoms with Gasteiger partial charge in [0.05, 0.1) is 12.1 Å². The number of nitrogens with one attached hydrogen (secondary N) is 1. The van der Waals surface area contributed by atoms with E-state index in [2.05, 4.69) is 25.7 Å². The zero-order valence-electron chi connectivity index (χ0n) is 13.5. The van der Waals surface area contributed by atoms with E-state index < -0.39 is 0 Å². The fourth-order valence-corrected chi connectivity index (χ4v) is 2.08. The lowest BCUT2D eigenvalue weighted by molar-refractivity contribution is 0.317. The van der Waals surface area contributed by atoms with Crippen LogP contribution in [0, 0.1) is 5.92 Å². The van der Waals surface area contributed by atoms with Crippen molar-refractivity contribution in [3.63, 3.8) is 0 Å². The monoisotopic (exact) mass is 311 g/mol. The molecule has 1 rings (SSSR count). The van der Waals surface area contributed by atoms with Crippen LogP contribution in [-0.4, -0.2) is 20.3 Å². The van der Waals surface area contributed by atoms with Crippen molar-refractivity contribution in [1.82, 2.24) is 5.32 Å². The molecule has 1 N–H and O–H groups in total. The second-order valence-corrected chi connectivity index (χ2v) is 5.93. The molecular weight excluding hydrogens is 286 g/mol. The first-order valence-corrected chi connectivity index (χ1v) is 7.72. The molecule has 0 fully saturated rings. The van der Waals surface area contributed by atoms with Crippen molar-refractivity contribution in [2.75, 3.05) is 20.3 Å². The van der Waals surface area contributed by atoms with Crippen LogP contribution in [0.3, 0.4) is 0 Å². The van der Waals surface area contributed by atoms with E-state index in [0.29, 0.717) is 29.0 Å². The van der Waals surface area contributed by atoms with Gasteiger partial charge in [-0.1, -0.05) is 39.0 Å². The Bertz CT molecular complexity index is 472. The highest BCUT2D eigenvalue weighted by Crippen LogP contribution is 2.36. The normalized spacial score (nSPS) is 10.8. The van der Waals surface area contributed by atoms with Gasteiger partial charge in [-0.3, -0.25) is 0 Å². The van der Waals surface area contributed by atoms with Crippen LogP contribution in [-0.2, 0) is 6.54 Å². The van der Waals surface area contributed by atoms with Crippen molar-refractivity contribution in [3.8, 4) is 11.5 Å². The maximum absolute atomic E-state index is 6.32. The number of benzene rings is 1. The van der Waals surface area contributed by atoms with Gasteiger partial charge in [0.1, 0.15) is 6.61 Å². The minimum Gasteiger partial charge on any atom is -0.493 e. The van der Waals surface area contributed by atoms with Gasteiger partial charge in [0.2, 0.25) is 0 Å². The van der Waals surface area contributed by atoms with E-state index in [0.717, 1.165) is 30.6 Å². The third-order valence-electron chi connectivity index (χ3n) is 3.09. The molecule has 0 aromatic heterocycles. The molecule has 0 saturated carbocycles. The summed E-state index contributed by atoms with van der Waals surface area (Å²) >= 11 is 6.32.